The van der Waals surface area contributed by atoms with Crippen molar-refractivity contribution in [2.45, 2.75) is 26.8 Å². The summed E-state index contributed by atoms with van der Waals surface area (Å²) in [6, 6.07) is 17.6. The standard InChI is InChI=1S/C27H21Cl3N6/c1-15-9-11-20(12-10-15)36-27-23(17(3)33-36)24(34-14-18(28)13-21(29)26(34)31-27)22-16(2)32-35(25(22)30)19-7-5-4-6-8-19/h4-14,24H,1-3H3. The maximum Gasteiger partial charge on any atom is 0.164 e. The summed E-state index contributed by atoms with van der Waals surface area (Å²) in [6.07, 6.45) is 3.53. The highest BCUT2D eigenvalue weighted by Crippen LogP contribution is 2.48. The summed E-state index contributed by atoms with van der Waals surface area (Å²) in [5.74, 6) is 1.28. The van der Waals surface area contributed by atoms with E-state index in [0.29, 0.717) is 26.9 Å². The topological polar surface area (TPSA) is 51.2 Å². The summed E-state index contributed by atoms with van der Waals surface area (Å²) < 4.78 is 3.61. The highest BCUT2D eigenvalue weighted by atomic mass is 35.5. The van der Waals surface area contributed by atoms with Crippen LogP contribution < -0.4 is 0 Å². The Bertz CT molecular complexity index is 1590. The molecule has 36 heavy (non-hydrogen) atoms. The van der Waals surface area contributed by atoms with E-state index in [4.69, 9.17) is 50.0 Å². The molecule has 2 aromatic carbocycles. The minimum atomic E-state index is -0.382. The number of aryl methyl sites for hydroxylation is 3. The van der Waals surface area contributed by atoms with Crippen LogP contribution in [-0.2, 0) is 0 Å². The molecule has 2 aliphatic rings. The zero-order chi connectivity index (χ0) is 25.1. The van der Waals surface area contributed by atoms with Gasteiger partial charge in [-0.3, -0.25) is 0 Å². The maximum absolute atomic E-state index is 7.07. The third-order valence-corrected chi connectivity index (χ3v) is 7.28. The van der Waals surface area contributed by atoms with Crippen molar-refractivity contribution in [1.29, 1.82) is 0 Å². The summed E-state index contributed by atoms with van der Waals surface area (Å²) in [7, 11) is 0. The van der Waals surface area contributed by atoms with Gasteiger partial charge in [0.2, 0.25) is 0 Å². The zero-order valence-corrected chi connectivity index (χ0v) is 22.0. The van der Waals surface area contributed by atoms with Gasteiger partial charge in [-0.05, 0) is 51.1 Å². The predicted molar refractivity (Wildman–Crippen MR) is 145 cm³/mol. The molecule has 2 aliphatic heterocycles. The number of aliphatic imine (C=N–C) groups is 1. The Balaban J connectivity index is 1.62. The van der Waals surface area contributed by atoms with E-state index in [2.05, 4.69) is 19.1 Å². The molecule has 6 nitrogen and oxygen atoms in total. The lowest BCUT2D eigenvalue weighted by Gasteiger charge is -2.36. The molecular weight excluding hydrogens is 515 g/mol. The number of nitrogens with zero attached hydrogens (tertiary/aromatic N) is 6. The molecule has 4 heterocycles. The fourth-order valence-corrected chi connectivity index (χ4v) is 5.66. The van der Waals surface area contributed by atoms with Gasteiger partial charge in [0, 0.05) is 17.3 Å². The fourth-order valence-electron chi connectivity index (χ4n) is 4.75. The van der Waals surface area contributed by atoms with Crippen molar-refractivity contribution in [3.8, 4) is 11.4 Å². The van der Waals surface area contributed by atoms with Gasteiger partial charge in [0.15, 0.2) is 11.7 Å². The highest BCUT2D eigenvalue weighted by molar-refractivity contribution is 6.45. The monoisotopic (exact) mass is 534 g/mol. The molecule has 1 atom stereocenters. The second-order valence-electron chi connectivity index (χ2n) is 8.86. The minimum Gasteiger partial charge on any atom is -0.318 e. The van der Waals surface area contributed by atoms with Crippen LogP contribution in [0.4, 0.5) is 5.82 Å². The smallest absolute Gasteiger partial charge is 0.164 e. The van der Waals surface area contributed by atoms with Crippen LogP contribution in [0.1, 0.15) is 34.1 Å². The van der Waals surface area contributed by atoms with Crippen molar-refractivity contribution in [2.24, 2.45) is 4.99 Å². The molecule has 0 spiro atoms. The van der Waals surface area contributed by atoms with E-state index in [0.717, 1.165) is 33.9 Å². The van der Waals surface area contributed by atoms with Crippen LogP contribution in [0.5, 0.6) is 0 Å². The Morgan fingerprint density at radius 2 is 1.39 bits per heavy atom. The normalized spacial score (nSPS) is 16.8. The molecule has 4 aromatic rings. The summed E-state index contributed by atoms with van der Waals surface area (Å²) in [5, 5.41) is 11.1. The summed E-state index contributed by atoms with van der Waals surface area (Å²) in [5.41, 5.74) is 6.33. The molecule has 2 aromatic heterocycles. The first kappa shape index (κ1) is 23.1. The Hall–Kier alpha value is -3.32. The largest absolute Gasteiger partial charge is 0.318 e. The molecule has 0 saturated carbocycles. The molecular formula is C27H21Cl3N6. The molecule has 0 amide bonds. The van der Waals surface area contributed by atoms with Crippen molar-refractivity contribution in [1.82, 2.24) is 24.5 Å². The number of aromatic nitrogens is 4. The first-order valence-corrected chi connectivity index (χ1v) is 12.6. The minimum absolute atomic E-state index is 0.382. The Morgan fingerprint density at radius 1 is 0.750 bits per heavy atom. The van der Waals surface area contributed by atoms with Crippen molar-refractivity contribution >= 4 is 46.5 Å². The quantitative estimate of drug-likeness (QED) is 0.277. The van der Waals surface area contributed by atoms with Gasteiger partial charge in [0.05, 0.1) is 38.9 Å². The number of halogens is 3. The number of hydrogen-bond donors (Lipinski definition) is 0. The van der Waals surface area contributed by atoms with E-state index < -0.39 is 0 Å². The van der Waals surface area contributed by atoms with E-state index in [-0.39, 0.29) is 6.04 Å². The van der Waals surface area contributed by atoms with Crippen molar-refractivity contribution in [3.63, 3.8) is 0 Å². The van der Waals surface area contributed by atoms with Gasteiger partial charge in [-0.15, -0.1) is 0 Å². The van der Waals surface area contributed by atoms with Gasteiger partial charge in [-0.1, -0.05) is 70.7 Å². The first-order valence-electron chi connectivity index (χ1n) is 11.4. The number of hydrogen-bond acceptors (Lipinski definition) is 4. The van der Waals surface area contributed by atoms with E-state index in [1.165, 1.54) is 5.56 Å². The number of allylic oxidation sites excluding steroid dienone is 2. The lowest BCUT2D eigenvalue weighted by atomic mass is 9.95. The molecule has 0 radical (unpaired) electrons. The summed E-state index contributed by atoms with van der Waals surface area (Å²) in [4.78, 5) is 6.94. The van der Waals surface area contributed by atoms with E-state index in [1.807, 2.05) is 72.1 Å². The van der Waals surface area contributed by atoms with Gasteiger partial charge in [0.25, 0.3) is 0 Å². The van der Waals surface area contributed by atoms with Crippen LogP contribution in [0.3, 0.4) is 0 Å². The SMILES string of the molecule is Cc1ccc(-n2nc(C)c3c2N=C2C(Cl)=CC(Cl)=CN2C3c2c(C)nn(-c3ccccc3)c2Cl)cc1. The van der Waals surface area contributed by atoms with E-state index in [1.54, 1.807) is 10.8 Å². The molecule has 180 valence electrons. The number of benzene rings is 2. The second kappa shape index (κ2) is 8.66. The van der Waals surface area contributed by atoms with Gasteiger partial charge in [-0.2, -0.15) is 10.2 Å². The third-order valence-electron chi connectivity index (χ3n) is 6.43. The number of amidine groups is 1. The summed E-state index contributed by atoms with van der Waals surface area (Å²) in [6.45, 7) is 5.99. The van der Waals surface area contributed by atoms with Crippen LogP contribution in [-0.4, -0.2) is 30.3 Å². The number of fused-ring (bicyclic) bond motifs is 2. The van der Waals surface area contributed by atoms with Crippen LogP contribution in [0.2, 0.25) is 5.15 Å². The average Bonchev–Trinajstić information content (AvgIpc) is 3.35. The molecule has 1 unspecified atom stereocenters. The first-order chi connectivity index (χ1) is 17.3. The van der Waals surface area contributed by atoms with Crippen molar-refractivity contribution in [3.05, 3.63) is 110 Å². The average molecular weight is 536 g/mol. The molecule has 9 heteroatoms. The second-order valence-corrected chi connectivity index (χ2v) is 10.1. The van der Waals surface area contributed by atoms with E-state index in [9.17, 15) is 0 Å². The zero-order valence-electron chi connectivity index (χ0n) is 19.7. The highest BCUT2D eigenvalue weighted by Gasteiger charge is 2.40. The number of para-hydroxylation sites is 1. The lowest BCUT2D eigenvalue weighted by Crippen LogP contribution is -2.36. The van der Waals surface area contributed by atoms with Crippen LogP contribution in [0, 0.1) is 20.8 Å². The van der Waals surface area contributed by atoms with E-state index >= 15 is 0 Å². The van der Waals surface area contributed by atoms with Crippen LogP contribution >= 0.6 is 34.8 Å². The molecule has 0 bridgehead atoms. The van der Waals surface area contributed by atoms with Gasteiger partial charge in [-0.25, -0.2) is 14.4 Å². The number of rotatable bonds is 3. The van der Waals surface area contributed by atoms with Crippen LogP contribution in [0.25, 0.3) is 11.4 Å². The molecule has 0 aliphatic carbocycles. The van der Waals surface area contributed by atoms with Crippen molar-refractivity contribution in [2.75, 3.05) is 0 Å². The molecule has 0 saturated heterocycles. The maximum atomic E-state index is 7.07. The lowest BCUT2D eigenvalue weighted by molar-refractivity contribution is 0.458. The van der Waals surface area contributed by atoms with Gasteiger partial charge >= 0.3 is 0 Å². The molecule has 0 N–H and O–H groups in total. The van der Waals surface area contributed by atoms with Gasteiger partial charge < -0.3 is 4.90 Å². The Morgan fingerprint density at radius 3 is 2.11 bits per heavy atom. The Kier molecular flexibility index (Phi) is 5.56. The molecule has 0 fully saturated rings. The predicted octanol–water partition coefficient (Wildman–Crippen LogP) is 7.29. The molecule has 6 rings (SSSR count). The summed E-state index contributed by atoms with van der Waals surface area (Å²) >= 11 is 20.2. The van der Waals surface area contributed by atoms with Crippen LogP contribution in [0.15, 0.2) is 81.9 Å². The Labute approximate surface area is 223 Å². The van der Waals surface area contributed by atoms with Gasteiger partial charge in [0.1, 0.15) is 5.15 Å². The van der Waals surface area contributed by atoms with Crippen molar-refractivity contribution < 1.29 is 0 Å². The fraction of sp³-hybridized carbons (Fsp3) is 0.148. The third kappa shape index (κ3) is 3.60.